The summed E-state index contributed by atoms with van der Waals surface area (Å²) in [5.74, 6) is -1.13. The van der Waals surface area contributed by atoms with E-state index in [9.17, 15) is 19.8 Å². The van der Waals surface area contributed by atoms with Crippen LogP contribution < -0.4 is 10.9 Å². The molecule has 7 heteroatoms. The summed E-state index contributed by atoms with van der Waals surface area (Å²) in [4.78, 5) is 26.9. The number of rotatable bonds is 2. The summed E-state index contributed by atoms with van der Waals surface area (Å²) in [7, 11) is 0. The highest BCUT2D eigenvalue weighted by molar-refractivity contribution is 6.31. The van der Waals surface area contributed by atoms with Gasteiger partial charge >= 0.3 is 0 Å². The van der Waals surface area contributed by atoms with Crippen molar-refractivity contribution in [3.05, 3.63) is 63.4 Å². The number of carbonyl (C=O) groups excluding carboxylic acids is 1. The first-order valence-corrected chi connectivity index (χ1v) is 6.98. The summed E-state index contributed by atoms with van der Waals surface area (Å²) in [6, 6.07) is 10.3. The first-order chi connectivity index (χ1) is 11.0. The van der Waals surface area contributed by atoms with Crippen molar-refractivity contribution in [2.45, 2.75) is 0 Å². The number of aromatic hydroxyl groups is 2. The van der Waals surface area contributed by atoms with E-state index < -0.39 is 22.8 Å². The van der Waals surface area contributed by atoms with Gasteiger partial charge in [-0.3, -0.25) is 9.59 Å². The van der Waals surface area contributed by atoms with Crippen molar-refractivity contribution >= 4 is 34.1 Å². The van der Waals surface area contributed by atoms with Crippen LogP contribution >= 0.6 is 11.6 Å². The van der Waals surface area contributed by atoms with Crippen LogP contribution in [0.15, 0.2) is 47.3 Å². The van der Waals surface area contributed by atoms with Gasteiger partial charge in [-0.25, -0.2) is 0 Å². The van der Waals surface area contributed by atoms with Crippen LogP contribution in [0.4, 0.5) is 5.69 Å². The van der Waals surface area contributed by atoms with E-state index in [0.717, 1.165) is 0 Å². The lowest BCUT2D eigenvalue weighted by atomic mass is 10.1. The number of amides is 1. The molecule has 0 aliphatic heterocycles. The van der Waals surface area contributed by atoms with E-state index in [1.807, 2.05) is 0 Å². The molecule has 4 N–H and O–H groups in total. The molecule has 1 heterocycles. The van der Waals surface area contributed by atoms with Crippen LogP contribution in [0.5, 0.6) is 11.5 Å². The Bertz CT molecular complexity index is 964. The van der Waals surface area contributed by atoms with E-state index in [2.05, 4.69) is 10.3 Å². The Hall–Kier alpha value is -2.99. The maximum absolute atomic E-state index is 12.3. The molecule has 6 nitrogen and oxygen atoms in total. The van der Waals surface area contributed by atoms with Gasteiger partial charge in [0.1, 0.15) is 17.1 Å². The fourth-order valence-electron chi connectivity index (χ4n) is 2.20. The summed E-state index contributed by atoms with van der Waals surface area (Å²) in [6.07, 6.45) is 0. The van der Waals surface area contributed by atoms with Crippen molar-refractivity contribution in [2.75, 3.05) is 5.32 Å². The molecular weight excluding hydrogens is 320 g/mol. The number of pyridine rings is 1. The molecule has 1 amide bonds. The molecule has 116 valence electrons. The maximum Gasteiger partial charge on any atom is 0.265 e. The van der Waals surface area contributed by atoms with Gasteiger partial charge in [0.05, 0.1) is 5.52 Å². The lowest BCUT2D eigenvalue weighted by Gasteiger charge is -2.09. The standard InChI is InChI=1S/C16H11ClN2O4/c17-8-1-6-11-12(7-8)19-16(23)13(14(11)21)15(22)18-9-2-4-10(20)5-3-9/h1-7,20H,(H,18,22)(H2,19,21,23). The monoisotopic (exact) mass is 330 g/mol. The van der Waals surface area contributed by atoms with Gasteiger partial charge in [0.15, 0.2) is 0 Å². The number of benzene rings is 2. The normalized spacial score (nSPS) is 10.7. The van der Waals surface area contributed by atoms with Gasteiger partial charge in [0, 0.05) is 16.1 Å². The zero-order valence-corrected chi connectivity index (χ0v) is 12.4. The maximum atomic E-state index is 12.3. The third-order valence-electron chi connectivity index (χ3n) is 3.30. The van der Waals surface area contributed by atoms with Gasteiger partial charge in [-0.05, 0) is 42.5 Å². The number of nitrogens with one attached hydrogen (secondary N) is 2. The minimum atomic E-state index is -0.758. The Balaban J connectivity index is 2.05. The molecule has 0 unspecified atom stereocenters. The minimum Gasteiger partial charge on any atom is -0.508 e. The average Bonchev–Trinajstić information content (AvgIpc) is 2.49. The molecule has 0 radical (unpaired) electrons. The lowest BCUT2D eigenvalue weighted by Crippen LogP contribution is -2.23. The summed E-state index contributed by atoms with van der Waals surface area (Å²) in [6.45, 7) is 0. The largest absolute Gasteiger partial charge is 0.508 e. The summed E-state index contributed by atoms with van der Waals surface area (Å²) >= 11 is 5.84. The summed E-state index contributed by atoms with van der Waals surface area (Å²) < 4.78 is 0. The van der Waals surface area contributed by atoms with Crippen molar-refractivity contribution in [2.24, 2.45) is 0 Å². The zero-order chi connectivity index (χ0) is 16.6. The first kappa shape index (κ1) is 14.9. The first-order valence-electron chi connectivity index (χ1n) is 6.60. The molecule has 0 fully saturated rings. The van der Waals surface area contributed by atoms with Crippen LogP contribution in [0.1, 0.15) is 10.4 Å². The van der Waals surface area contributed by atoms with Crippen LogP contribution in [-0.2, 0) is 0 Å². The average molecular weight is 331 g/mol. The van der Waals surface area contributed by atoms with Crippen LogP contribution in [0.3, 0.4) is 0 Å². The van der Waals surface area contributed by atoms with Crippen LogP contribution in [0.2, 0.25) is 5.02 Å². The molecule has 3 aromatic rings. The number of H-pyrrole nitrogens is 1. The van der Waals surface area contributed by atoms with Gasteiger partial charge in [-0.1, -0.05) is 11.6 Å². The van der Waals surface area contributed by atoms with Crippen molar-refractivity contribution in [1.82, 2.24) is 4.98 Å². The number of phenols is 1. The van der Waals surface area contributed by atoms with Gasteiger partial charge < -0.3 is 20.5 Å². The molecule has 23 heavy (non-hydrogen) atoms. The summed E-state index contributed by atoms with van der Waals surface area (Å²) in [5, 5.41) is 22.7. The van der Waals surface area contributed by atoms with Gasteiger partial charge in [-0.15, -0.1) is 0 Å². The van der Waals surface area contributed by atoms with E-state index in [4.69, 9.17) is 11.6 Å². The highest BCUT2D eigenvalue weighted by atomic mass is 35.5. The highest BCUT2D eigenvalue weighted by Gasteiger charge is 2.19. The number of anilines is 1. The molecule has 0 saturated carbocycles. The Labute approximate surface area is 135 Å². The predicted molar refractivity (Wildman–Crippen MR) is 87.3 cm³/mol. The molecular formula is C16H11ClN2O4. The fraction of sp³-hybridized carbons (Fsp3) is 0. The second-order valence-electron chi connectivity index (χ2n) is 4.87. The number of hydrogen-bond acceptors (Lipinski definition) is 4. The SMILES string of the molecule is O=C(Nc1ccc(O)cc1)c1c(O)c2ccc(Cl)cc2[nH]c1=O. The minimum absolute atomic E-state index is 0.0475. The van der Waals surface area contributed by atoms with Crippen molar-refractivity contribution < 1.29 is 15.0 Å². The second-order valence-corrected chi connectivity index (χ2v) is 5.31. The zero-order valence-electron chi connectivity index (χ0n) is 11.6. The topological polar surface area (TPSA) is 102 Å². The Morgan fingerprint density at radius 1 is 1.09 bits per heavy atom. The number of fused-ring (bicyclic) bond motifs is 1. The summed E-state index contributed by atoms with van der Waals surface area (Å²) in [5.41, 5.74) is -0.412. The number of hydrogen-bond donors (Lipinski definition) is 4. The number of phenolic OH excluding ortho intramolecular Hbond substituents is 1. The molecule has 0 aliphatic carbocycles. The van der Waals surface area contributed by atoms with Crippen LogP contribution in [-0.4, -0.2) is 21.1 Å². The van der Waals surface area contributed by atoms with Gasteiger partial charge in [-0.2, -0.15) is 0 Å². The van der Waals surface area contributed by atoms with Crippen molar-refractivity contribution in [3.63, 3.8) is 0 Å². The molecule has 0 bridgehead atoms. The van der Waals surface area contributed by atoms with Crippen LogP contribution in [0, 0.1) is 0 Å². The van der Waals surface area contributed by atoms with Gasteiger partial charge in [0.25, 0.3) is 11.5 Å². The number of aromatic amines is 1. The Morgan fingerprint density at radius 2 is 1.78 bits per heavy atom. The molecule has 0 aliphatic rings. The van der Waals surface area contributed by atoms with Crippen molar-refractivity contribution in [1.29, 1.82) is 0 Å². The van der Waals surface area contributed by atoms with Crippen LogP contribution in [0.25, 0.3) is 10.9 Å². The third kappa shape index (κ3) is 2.84. The Kier molecular flexibility index (Phi) is 3.67. The highest BCUT2D eigenvalue weighted by Crippen LogP contribution is 2.27. The molecule has 3 rings (SSSR count). The quantitative estimate of drug-likeness (QED) is 0.542. The molecule has 0 saturated heterocycles. The molecule has 2 aromatic carbocycles. The third-order valence-corrected chi connectivity index (χ3v) is 3.54. The van der Waals surface area contributed by atoms with E-state index >= 15 is 0 Å². The van der Waals surface area contributed by atoms with E-state index in [-0.39, 0.29) is 5.75 Å². The number of aromatic nitrogens is 1. The smallest absolute Gasteiger partial charge is 0.265 e. The fourth-order valence-corrected chi connectivity index (χ4v) is 2.37. The van der Waals surface area contributed by atoms with Gasteiger partial charge in [0.2, 0.25) is 0 Å². The van der Waals surface area contributed by atoms with E-state index in [1.165, 1.54) is 36.4 Å². The number of halogens is 1. The molecule has 0 atom stereocenters. The molecule has 1 aromatic heterocycles. The van der Waals surface area contributed by atoms with E-state index in [0.29, 0.717) is 21.6 Å². The number of carbonyl (C=O) groups is 1. The second kappa shape index (κ2) is 5.66. The Morgan fingerprint density at radius 3 is 2.48 bits per heavy atom. The van der Waals surface area contributed by atoms with E-state index in [1.54, 1.807) is 6.07 Å². The van der Waals surface area contributed by atoms with Crippen molar-refractivity contribution in [3.8, 4) is 11.5 Å². The lowest BCUT2D eigenvalue weighted by molar-refractivity contribution is 0.102. The molecule has 0 spiro atoms. The predicted octanol–water partition coefficient (Wildman–Crippen LogP) is 2.84.